The van der Waals surface area contributed by atoms with Crippen LogP contribution in [0.25, 0.3) is 10.8 Å². The first-order valence-electron chi connectivity index (χ1n) is 9.33. The molecule has 0 aliphatic heterocycles. The van der Waals surface area contributed by atoms with Gasteiger partial charge in [0.05, 0.1) is 6.33 Å². The van der Waals surface area contributed by atoms with E-state index in [2.05, 4.69) is 10.3 Å². The van der Waals surface area contributed by atoms with Gasteiger partial charge in [-0.15, -0.1) is 0 Å². The van der Waals surface area contributed by atoms with E-state index in [-0.39, 0.29) is 17.5 Å². The fourth-order valence-electron chi connectivity index (χ4n) is 3.39. The number of benzene rings is 3. The van der Waals surface area contributed by atoms with Gasteiger partial charge in [-0.25, -0.2) is 9.37 Å². The second-order valence-electron chi connectivity index (χ2n) is 6.86. The maximum absolute atomic E-state index is 13.4. The Balaban J connectivity index is 1.42. The zero-order chi connectivity index (χ0) is 20.2. The first-order valence-corrected chi connectivity index (χ1v) is 9.33. The Morgan fingerprint density at radius 1 is 1.10 bits per heavy atom. The van der Waals surface area contributed by atoms with Crippen LogP contribution in [0, 0.1) is 5.82 Å². The van der Waals surface area contributed by atoms with Crippen molar-refractivity contribution in [2.24, 2.45) is 0 Å². The van der Waals surface area contributed by atoms with E-state index in [1.54, 1.807) is 42.9 Å². The molecule has 146 valence electrons. The van der Waals surface area contributed by atoms with Gasteiger partial charge in [0.25, 0.3) is 5.91 Å². The molecule has 4 rings (SSSR count). The van der Waals surface area contributed by atoms with E-state index in [0.717, 1.165) is 16.6 Å². The van der Waals surface area contributed by atoms with Crippen molar-refractivity contribution in [3.05, 3.63) is 95.8 Å². The molecule has 0 atom stereocenters. The summed E-state index contributed by atoms with van der Waals surface area (Å²) in [6.45, 7) is 0.951. The number of imidazole rings is 1. The lowest BCUT2D eigenvalue weighted by Gasteiger charge is -2.11. The van der Waals surface area contributed by atoms with Crippen LogP contribution < -0.4 is 5.32 Å². The number of aromatic hydroxyl groups is 1. The van der Waals surface area contributed by atoms with Crippen LogP contribution >= 0.6 is 0 Å². The Bertz CT molecular complexity index is 1170. The molecule has 3 aromatic carbocycles. The van der Waals surface area contributed by atoms with Crippen LogP contribution in [0.4, 0.5) is 4.39 Å². The number of carbonyl (C=O) groups is 1. The Kier molecular flexibility index (Phi) is 5.24. The highest BCUT2D eigenvalue weighted by Gasteiger charge is 2.11. The maximum atomic E-state index is 13.4. The molecule has 0 unspecified atom stereocenters. The Hall–Kier alpha value is -3.67. The number of nitrogens with zero attached hydrogens (tertiary/aromatic N) is 2. The monoisotopic (exact) mass is 389 g/mol. The molecule has 0 saturated heterocycles. The van der Waals surface area contributed by atoms with Crippen molar-refractivity contribution in [3.8, 4) is 5.75 Å². The third-order valence-corrected chi connectivity index (χ3v) is 4.82. The minimum Gasteiger partial charge on any atom is -0.508 e. The highest BCUT2D eigenvalue weighted by molar-refractivity contribution is 6.07. The predicted molar refractivity (Wildman–Crippen MR) is 109 cm³/mol. The molecule has 0 radical (unpaired) electrons. The molecule has 0 bridgehead atoms. The molecule has 4 aromatic rings. The van der Waals surface area contributed by atoms with Gasteiger partial charge in [-0.3, -0.25) is 4.79 Å². The maximum Gasteiger partial charge on any atom is 0.251 e. The van der Waals surface area contributed by atoms with Gasteiger partial charge in [-0.2, -0.15) is 0 Å². The molecule has 29 heavy (non-hydrogen) atoms. The van der Waals surface area contributed by atoms with Gasteiger partial charge in [0, 0.05) is 37.0 Å². The Labute approximate surface area is 167 Å². The Morgan fingerprint density at radius 2 is 1.97 bits per heavy atom. The van der Waals surface area contributed by atoms with Gasteiger partial charge < -0.3 is 15.0 Å². The fourth-order valence-corrected chi connectivity index (χ4v) is 3.39. The SMILES string of the molecule is O=C(NCCc1cncn1Cc1cccc(F)c1)c1cccc2ccc(O)cc12. The van der Waals surface area contributed by atoms with Gasteiger partial charge in [-0.05, 0) is 46.7 Å². The molecular formula is C23H20FN3O2. The smallest absolute Gasteiger partial charge is 0.251 e. The summed E-state index contributed by atoms with van der Waals surface area (Å²) < 4.78 is 15.3. The van der Waals surface area contributed by atoms with Crippen LogP contribution in [-0.4, -0.2) is 27.1 Å². The summed E-state index contributed by atoms with van der Waals surface area (Å²) in [6, 6.07) is 16.9. The first kappa shape index (κ1) is 18.7. The van der Waals surface area contributed by atoms with Crippen LogP contribution in [0.15, 0.2) is 73.2 Å². The number of hydrogen-bond donors (Lipinski definition) is 2. The highest BCUT2D eigenvalue weighted by Crippen LogP contribution is 2.23. The molecule has 1 amide bonds. The number of carbonyl (C=O) groups excluding carboxylic acids is 1. The minimum atomic E-state index is -0.266. The number of amides is 1. The lowest BCUT2D eigenvalue weighted by Crippen LogP contribution is -2.26. The second kappa shape index (κ2) is 8.14. The van der Waals surface area contributed by atoms with Gasteiger partial charge in [0.1, 0.15) is 11.6 Å². The fraction of sp³-hybridized carbons (Fsp3) is 0.130. The summed E-state index contributed by atoms with van der Waals surface area (Å²) >= 11 is 0. The summed E-state index contributed by atoms with van der Waals surface area (Å²) in [5, 5.41) is 14.3. The van der Waals surface area contributed by atoms with Crippen molar-refractivity contribution >= 4 is 16.7 Å². The van der Waals surface area contributed by atoms with E-state index >= 15 is 0 Å². The zero-order valence-electron chi connectivity index (χ0n) is 15.7. The average molecular weight is 389 g/mol. The molecule has 0 spiro atoms. The summed E-state index contributed by atoms with van der Waals surface area (Å²) in [4.78, 5) is 16.8. The van der Waals surface area contributed by atoms with Crippen molar-refractivity contribution in [2.45, 2.75) is 13.0 Å². The molecule has 2 N–H and O–H groups in total. The number of aromatic nitrogens is 2. The van der Waals surface area contributed by atoms with Gasteiger partial charge >= 0.3 is 0 Å². The van der Waals surface area contributed by atoms with E-state index in [4.69, 9.17) is 0 Å². The number of halogens is 1. The number of phenolic OH excluding ortho intramolecular Hbond substituents is 1. The number of nitrogens with one attached hydrogen (secondary N) is 1. The van der Waals surface area contributed by atoms with E-state index in [1.807, 2.05) is 22.8 Å². The van der Waals surface area contributed by atoms with Crippen LogP contribution in [0.1, 0.15) is 21.6 Å². The second-order valence-corrected chi connectivity index (χ2v) is 6.86. The molecule has 0 saturated carbocycles. The number of rotatable bonds is 6. The van der Waals surface area contributed by atoms with Crippen LogP contribution in [-0.2, 0) is 13.0 Å². The minimum absolute atomic E-state index is 0.124. The quantitative estimate of drug-likeness (QED) is 0.526. The highest BCUT2D eigenvalue weighted by atomic mass is 19.1. The van der Waals surface area contributed by atoms with Crippen molar-refractivity contribution in [3.63, 3.8) is 0 Å². The number of phenols is 1. The normalized spacial score (nSPS) is 10.9. The summed E-state index contributed by atoms with van der Waals surface area (Å²) in [5.41, 5.74) is 2.32. The molecule has 6 heteroatoms. The van der Waals surface area contributed by atoms with Gasteiger partial charge in [0.15, 0.2) is 0 Å². The average Bonchev–Trinajstić information content (AvgIpc) is 3.14. The first-order chi connectivity index (χ1) is 14.1. The standard InChI is InChI=1S/C23H20FN3O2/c24-18-5-1-3-16(11-18)14-27-15-25-13-19(27)9-10-26-23(29)21-6-2-4-17-7-8-20(28)12-22(17)21/h1-8,11-13,15,28H,9-10,14H2,(H,26,29). The van der Waals surface area contributed by atoms with E-state index in [9.17, 15) is 14.3 Å². The lowest BCUT2D eigenvalue weighted by molar-refractivity contribution is 0.0955. The summed E-state index contributed by atoms with van der Waals surface area (Å²) in [5.74, 6) is -0.339. The van der Waals surface area contributed by atoms with E-state index in [1.165, 1.54) is 12.1 Å². The van der Waals surface area contributed by atoms with Crippen molar-refractivity contribution in [1.82, 2.24) is 14.9 Å². The van der Waals surface area contributed by atoms with E-state index in [0.29, 0.717) is 30.5 Å². The van der Waals surface area contributed by atoms with Gasteiger partial charge in [-0.1, -0.05) is 30.3 Å². The molecule has 1 aromatic heterocycles. The van der Waals surface area contributed by atoms with Crippen LogP contribution in [0.3, 0.4) is 0 Å². The molecule has 0 aliphatic carbocycles. The zero-order valence-corrected chi connectivity index (χ0v) is 15.7. The summed E-state index contributed by atoms with van der Waals surface area (Å²) in [7, 11) is 0. The van der Waals surface area contributed by atoms with Crippen molar-refractivity contribution in [1.29, 1.82) is 0 Å². The largest absolute Gasteiger partial charge is 0.508 e. The molecule has 0 fully saturated rings. The Morgan fingerprint density at radius 3 is 2.83 bits per heavy atom. The van der Waals surface area contributed by atoms with Crippen molar-refractivity contribution in [2.75, 3.05) is 6.54 Å². The number of hydrogen-bond acceptors (Lipinski definition) is 3. The summed E-state index contributed by atoms with van der Waals surface area (Å²) in [6.07, 6.45) is 4.05. The third kappa shape index (κ3) is 4.27. The molecule has 1 heterocycles. The predicted octanol–water partition coefficient (Wildman–Crippen LogP) is 3.90. The van der Waals surface area contributed by atoms with E-state index < -0.39 is 0 Å². The topological polar surface area (TPSA) is 67.2 Å². The lowest BCUT2D eigenvalue weighted by atomic mass is 10.0. The van der Waals surface area contributed by atoms with Crippen LogP contribution in [0.5, 0.6) is 5.75 Å². The van der Waals surface area contributed by atoms with Crippen molar-refractivity contribution < 1.29 is 14.3 Å². The van der Waals surface area contributed by atoms with Crippen LogP contribution in [0.2, 0.25) is 0 Å². The third-order valence-electron chi connectivity index (χ3n) is 4.82. The molecular weight excluding hydrogens is 369 g/mol. The van der Waals surface area contributed by atoms with Gasteiger partial charge in [0.2, 0.25) is 0 Å². The molecule has 5 nitrogen and oxygen atoms in total. The molecule has 0 aliphatic rings. The number of fused-ring (bicyclic) bond motifs is 1.